The lowest BCUT2D eigenvalue weighted by molar-refractivity contribution is 0.393. The van der Waals surface area contributed by atoms with Gasteiger partial charge in [-0.05, 0) is 23.8 Å². The molecule has 0 N–H and O–H groups in total. The van der Waals surface area contributed by atoms with Crippen molar-refractivity contribution < 1.29 is 9.47 Å². The van der Waals surface area contributed by atoms with Gasteiger partial charge in [-0.3, -0.25) is 4.79 Å². The van der Waals surface area contributed by atoms with Gasteiger partial charge in [0.15, 0.2) is 0 Å². The fraction of sp³-hybridized carbons (Fsp3) is 0.150. The molecule has 0 fully saturated rings. The summed E-state index contributed by atoms with van der Waals surface area (Å²) < 4.78 is 12.8. The van der Waals surface area contributed by atoms with Gasteiger partial charge in [-0.2, -0.15) is 0 Å². The summed E-state index contributed by atoms with van der Waals surface area (Å²) in [6.07, 6.45) is 2.37. The predicted octanol–water partition coefficient (Wildman–Crippen LogP) is 2.31. The van der Waals surface area contributed by atoms with Crippen molar-refractivity contribution >= 4 is 22.4 Å². The molecule has 0 amide bonds. The fourth-order valence-electron chi connectivity index (χ4n) is 2.89. The molecule has 0 aliphatic carbocycles. The van der Waals surface area contributed by atoms with Crippen LogP contribution in [-0.2, 0) is 6.42 Å². The van der Waals surface area contributed by atoms with E-state index in [0.717, 1.165) is 11.1 Å². The second-order valence-corrected chi connectivity index (χ2v) is 6.93. The second-order valence-electron chi connectivity index (χ2n) is 5.92. The molecule has 2 aromatic heterocycles. The Hall–Kier alpha value is -3.19. The molecular formula is C20H17N3O3S. The molecule has 0 atom stereocenters. The molecule has 0 saturated carbocycles. The third kappa shape index (κ3) is 3.29. The van der Waals surface area contributed by atoms with Crippen LogP contribution in [0.1, 0.15) is 17.0 Å². The molecular weight excluding hydrogens is 362 g/mol. The summed E-state index contributed by atoms with van der Waals surface area (Å²) in [4.78, 5) is 13.5. The normalized spacial score (nSPS) is 11.9. The van der Waals surface area contributed by atoms with Crippen LogP contribution in [0.15, 0.2) is 53.3 Å². The molecule has 7 heteroatoms. The number of benzene rings is 2. The molecule has 0 saturated heterocycles. The Bertz CT molecular complexity index is 1200. The summed E-state index contributed by atoms with van der Waals surface area (Å²) in [5.74, 6) is 1.97. The van der Waals surface area contributed by atoms with Crippen LogP contribution in [0.2, 0.25) is 0 Å². The first-order valence-corrected chi connectivity index (χ1v) is 9.15. The smallest absolute Gasteiger partial charge is 0.275 e. The Labute approximate surface area is 159 Å². The fourth-order valence-corrected chi connectivity index (χ4v) is 3.81. The molecule has 0 radical (unpaired) electrons. The third-order valence-electron chi connectivity index (χ3n) is 4.25. The minimum absolute atomic E-state index is 0.121. The number of ether oxygens (including phenoxy) is 2. The van der Waals surface area contributed by atoms with E-state index in [1.807, 2.05) is 48.5 Å². The molecule has 27 heavy (non-hydrogen) atoms. The Kier molecular flexibility index (Phi) is 4.60. The summed E-state index contributed by atoms with van der Waals surface area (Å²) in [7, 11) is 3.19. The van der Waals surface area contributed by atoms with E-state index in [0.29, 0.717) is 33.2 Å². The van der Waals surface area contributed by atoms with E-state index in [-0.39, 0.29) is 5.56 Å². The van der Waals surface area contributed by atoms with Crippen LogP contribution in [0.3, 0.4) is 0 Å². The number of rotatable bonds is 5. The van der Waals surface area contributed by atoms with Gasteiger partial charge in [-0.25, -0.2) is 4.40 Å². The van der Waals surface area contributed by atoms with Crippen molar-refractivity contribution in [2.45, 2.75) is 6.42 Å². The highest BCUT2D eigenvalue weighted by Crippen LogP contribution is 2.25. The summed E-state index contributed by atoms with van der Waals surface area (Å²) in [6.45, 7) is 0. The zero-order chi connectivity index (χ0) is 18.8. The number of hydrogen-bond donors (Lipinski definition) is 0. The Morgan fingerprint density at radius 3 is 2.63 bits per heavy atom. The average molecular weight is 379 g/mol. The van der Waals surface area contributed by atoms with Crippen molar-refractivity contribution in [3.8, 4) is 11.5 Å². The number of fused-ring (bicyclic) bond motifs is 1. The van der Waals surface area contributed by atoms with Gasteiger partial charge in [-0.1, -0.05) is 41.7 Å². The van der Waals surface area contributed by atoms with Gasteiger partial charge in [0.25, 0.3) is 5.56 Å². The van der Waals surface area contributed by atoms with Crippen LogP contribution < -0.4 is 19.6 Å². The van der Waals surface area contributed by atoms with E-state index in [2.05, 4.69) is 10.2 Å². The van der Waals surface area contributed by atoms with Gasteiger partial charge in [0.2, 0.25) is 4.96 Å². The van der Waals surface area contributed by atoms with Crippen molar-refractivity contribution in [2.75, 3.05) is 14.2 Å². The molecule has 136 valence electrons. The van der Waals surface area contributed by atoms with Gasteiger partial charge in [-0.15, -0.1) is 10.2 Å². The molecule has 4 rings (SSSR count). The first-order valence-electron chi connectivity index (χ1n) is 8.34. The van der Waals surface area contributed by atoms with Gasteiger partial charge in [0, 0.05) is 18.1 Å². The molecule has 0 unspecified atom stereocenters. The lowest BCUT2D eigenvalue weighted by atomic mass is 10.1. The number of aromatic nitrogens is 3. The van der Waals surface area contributed by atoms with Crippen LogP contribution in [0.5, 0.6) is 11.5 Å². The number of hydrogen-bond acceptors (Lipinski definition) is 6. The highest BCUT2D eigenvalue weighted by Gasteiger charge is 2.13. The molecule has 2 aromatic carbocycles. The van der Waals surface area contributed by atoms with Crippen molar-refractivity contribution in [3.05, 3.63) is 80.4 Å². The highest BCUT2D eigenvalue weighted by atomic mass is 32.1. The maximum atomic E-state index is 12.9. The Morgan fingerprint density at radius 2 is 1.89 bits per heavy atom. The average Bonchev–Trinajstić information content (AvgIpc) is 3.23. The van der Waals surface area contributed by atoms with E-state index < -0.39 is 0 Å². The quantitative estimate of drug-likeness (QED) is 0.532. The maximum Gasteiger partial charge on any atom is 0.275 e. The van der Waals surface area contributed by atoms with Gasteiger partial charge in [0.1, 0.15) is 17.3 Å². The minimum atomic E-state index is -0.121. The molecule has 6 nitrogen and oxygen atoms in total. The SMILES string of the molecule is COc1ccc(/C=c2\sc3nnc(Cc4ccccc4)n3c2=O)c(OC)c1. The topological polar surface area (TPSA) is 65.7 Å². The van der Waals surface area contributed by atoms with E-state index in [4.69, 9.17) is 9.47 Å². The Balaban J connectivity index is 1.79. The van der Waals surface area contributed by atoms with Crippen molar-refractivity contribution in [1.29, 1.82) is 0 Å². The molecule has 0 bridgehead atoms. The standard InChI is InChI=1S/C20H17N3O3S/c1-25-15-9-8-14(16(12-15)26-2)11-17-19(24)23-18(21-22-20(23)27-17)10-13-6-4-3-5-7-13/h3-9,11-12H,10H2,1-2H3/b17-11-. The lowest BCUT2D eigenvalue weighted by Crippen LogP contribution is -2.24. The molecule has 0 aliphatic rings. The summed E-state index contributed by atoms with van der Waals surface area (Å²) in [5, 5.41) is 8.35. The zero-order valence-corrected chi connectivity index (χ0v) is 15.7. The lowest BCUT2D eigenvalue weighted by Gasteiger charge is -2.06. The van der Waals surface area contributed by atoms with Gasteiger partial charge < -0.3 is 9.47 Å². The monoisotopic (exact) mass is 379 g/mol. The van der Waals surface area contributed by atoms with E-state index in [9.17, 15) is 4.79 Å². The van der Waals surface area contributed by atoms with Gasteiger partial charge in [0.05, 0.1) is 18.8 Å². The third-order valence-corrected chi connectivity index (χ3v) is 5.21. The van der Waals surface area contributed by atoms with Crippen LogP contribution in [0, 0.1) is 0 Å². The maximum absolute atomic E-state index is 12.9. The number of methoxy groups -OCH3 is 2. The summed E-state index contributed by atoms with van der Waals surface area (Å²) in [6, 6.07) is 15.4. The zero-order valence-electron chi connectivity index (χ0n) is 14.9. The largest absolute Gasteiger partial charge is 0.497 e. The first-order chi connectivity index (χ1) is 13.2. The number of thiazole rings is 1. The predicted molar refractivity (Wildman–Crippen MR) is 105 cm³/mol. The van der Waals surface area contributed by atoms with Crippen LogP contribution >= 0.6 is 11.3 Å². The molecule has 0 aliphatic heterocycles. The summed E-state index contributed by atoms with van der Waals surface area (Å²) >= 11 is 1.31. The summed E-state index contributed by atoms with van der Waals surface area (Å²) in [5.41, 5.74) is 1.76. The van der Waals surface area contributed by atoms with E-state index >= 15 is 0 Å². The first kappa shape index (κ1) is 17.2. The van der Waals surface area contributed by atoms with Crippen LogP contribution in [0.25, 0.3) is 11.0 Å². The van der Waals surface area contributed by atoms with E-state index in [1.165, 1.54) is 11.3 Å². The molecule has 0 spiro atoms. The van der Waals surface area contributed by atoms with Gasteiger partial charge >= 0.3 is 0 Å². The number of nitrogens with zero attached hydrogens (tertiary/aromatic N) is 3. The molecule has 4 aromatic rings. The van der Waals surface area contributed by atoms with Crippen molar-refractivity contribution in [1.82, 2.24) is 14.6 Å². The molecule has 2 heterocycles. The van der Waals surface area contributed by atoms with Crippen LogP contribution in [0.4, 0.5) is 0 Å². The highest BCUT2D eigenvalue weighted by molar-refractivity contribution is 7.15. The second kappa shape index (κ2) is 7.20. The van der Waals surface area contributed by atoms with Crippen molar-refractivity contribution in [3.63, 3.8) is 0 Å². The Morgan fingerprint density at radius 1 is 1.07 bits per heavy atom. The van der Waals surface area contributed by atoms with Crippen molar-refractivity contribution in [2.24, 2.45) is 0 Å². The van der Waals surface area contributed by atoms with E-state index in [1.54, 1.807) is 24.7 Å². The van der Waals surface area contributed by atoms with Crippen LogP contribution in [-0.4, -0.2) is 28.8 Å². The minimum Gasteiger partial charge on any atom is -0.497 e.